The zero-order chi connectivity index (χ0) is 22.6. The highest BCUT2D eigenvalue weighted by Crippen LogP contribution is 2.30. The van der Waals surface area contributed by atoms with E-state index >= 15 is 0 Å². The molecule has 4 nitrogen and oxygen atoms in total. The zero-order valence-electron chi connectivity index (χ0n) is 17.3. The summed E-state index contributed by atoms with van der Waals surface area (Å²) in [6.07, 6.45) is 1.87. The Kier molecular flexibility index (Phi) is 5.90. The number of carboxylic acid groups (broad SMARTS) is 1. The third kappa shape index (κ3) is 4.65. The average Bonchev–Trinajstić information content (AvgIpc) is 3.53. The minimum absolute atomic E-state index is 0.232. The summed E-state index contributed by atoms with van der Waals surface area (Å²) in [5, 5.41) is 12.9. The Labute approximate surface area is 199 Å². The van der Waals surface area contributed by atoms with Gasteiger partial charge >= 0.3 is 5.97 Å². The lowest BCUT2D eigenvalue weighted by molar-refractivity contribution is 0.0697. The molecule has 3 aromatic carbocycles. The highest BCUT2D eigenvalue weighted by molar-refractivity contribution is 8.02. The molecule has 0 radical (unpaired) electrons. The van der Waals surface area contributed by atoms with Crippen molar-refractivity contribution < 1.29 is 9.90 Å². The van der Waals surface area contributed by atoms with E-state index in [2.05, 4.69) is 27.6 Å². The summed E-state index contributed by atoms with van der Waals surface area (Å²) in [7, 11) is 0. The van der Waals surface area contributed by atoms with Crippen LogP contribution >= 0.6 is 23.3 Å². The third-order valence-electron chi connectivity index (χ3n) is 5.11. The van der Waals surface area contributed by atoms with Gasteiger partial charge in [0.1, 0.15) is 0 Å². The first-order valence-electron chi connectivity index (χ1n) is 10.2. The van der Waals surface area contributed by atoms with E-state index < -0.39 is 5.97 Å². The van der Waals surface area contributed by atoms with E-state index in [1.807, 2.05) is 72.2 Å². The van der Waals surface area contributed by atoms with Gasteiger partial charge in [-0.25, -0.2) is 4.79 Å². The van der Waals surface area contributed by atoms with Crippen LogP contribution in [0.1, 0.15) is 21.5 Å². The number of carboxylic acids is 1. The lowest BCUT2D eigenvalue weighted by Crippen LogP contribution is -2.01. The average molecular weight is 467 g/mol. The van der Waals surface area contributed by atoms with E-state index in [0.717, 1.165) is 27.7 Å². The summed E-state index contributed by atoms with van der Waals surface area (Å²) >= 11 is 3.24. The molecule has 160 valence electrons. The van der Waals surface area contributed by atoms with Gasteiger partial charge in [-0.05, 0) is 76.8 Å². The summed E-state index contributed by atoms with van der Waals surface area (Å²) in [6, 6.07) is 25.1. The van der Waals surface area contributed by atoms with Crippen molar-refractivity contribution in [3.05, 3.63) is 107 Å². The van der Waals surface area contributed by atoms with E-state index in [0.29, 0.717) is 11.1 Å². The van der Waals surface area contributed by atoms with Gasteiger partial charge in [0.05, 0.1) is 9.77 Å². The van der Waals surface area contributed by atoms with Gasteiger partial charge in [-0.3, -0.25) is 0 Å². The van der Waals surface area contributed by atoms with Crippen molar-refractivity contribution in [1.29, 1.82) is 0 Å². The lowest BCUT2D eigenvalue weighted by Gasteiger charge is -2.10. The highest BCUT2D eigenvalue weighted by atomic mass is 32.2. The molecule has 0 fully saturated rings. The second-order valence-corrected chi connectivity index (χ2v) is 9.33. The second kappa shape index (κ2) is 9.29. The quantitative estimate of drug-likeness (QED) is 0.191. The number of hydrogen-bond acceptors (Lipinski definition) is 4. The number of benzene rings is 3. The summed E-state index contributed by atoms with van der Waals surface area (Å²) in [5.41, 5.74) is 5.10. The fourth-order valence-corrected chi connectivity index (χ4v) is 5.00. The molecule has 0 aliphatic carbocycles. The number of anilines is 1. The van der Waals surface area contributed by atoms with Crippen molar-refractivity contribution in [2.45, 2.75) is 4.21 Å². The Balaban J connectivity index is 1.50. The molecule has 0 unspecified atom stereocenters. The molecule has 33 heavy (non-hydrogen) atoms. The molecule has 0 aliphatic rings. The number of H-pyrrole nitrogens is 1. The largest absolute Gasteiger partial charge is 0.478 e. The first-order valence-corrected chi connectivity index (χ1v) is 11.9. The predicted octanol–water partition coefficient (Wildman–Crippen LogP) is 7.11. The maximum Gasteiger partial charge on any atom is 0.336 e. The van der Waals surface area contributed by atoms with Crippen molar-refractivity contribution in [2.24, 2.45) is 0 Å². The number of fused-ring (bicyclic) bond motifs is 1. The van der Waals surface area contributed by atoms with Gasteiger partial charge in [0.2, 0.25) is 0 Å². The third-order valence-corrected chi connectivity index (χ3v) is 6.98. The van der Waals surface area contributed by atoms with Gasteiger partial charge in [-0.1, -0.05) is 42.2 Å². The summed E-state index contributed by atoms with van der Waals surface area (Å²) in [6.45, 7) is 0. The molecular weight excluding hydrogens is 448 g/mol. The molecule has 3 N–H and O–H groups in total. The standard InChI is InChI=1S/C27H18N2O2S2/c30-27(31)23-7-2-5-20(26(23)21-12-11-19-13-14-28-24(19)17-21)10-9-18-4-1-6-22(16-18)29-33-25-8-3-15-32-25/h1-8,11-17,28-29H,(H,30,31). The van der Waals surface area contributed by atoms with Crippen LogP contribution in [0.4, 0.5) is 5.69 Å². The van der Waals surface area contributed by atoms with Crippen LogP contribution in [0.2, 0.25) is 0 Å². The number of carbonyl (C=O) groups is 1. The van der Waals surface area contributed by atoms with Gasteiger partial charge in [-0.15, -0.1) is 11.3 Å². The molecule has 0 spiro atoms. The molecule has 0 atom stereocenters. The van der Waals surface area contributed by atoms with Crippen LogP contribution in [0.25, 0.3) is 22.0 Å². The SMILES string of the molecule is O=C(O)c1cccc(C#Cc2cccc(NSc3cccs3)c2)c1-c1ccc2cc[nH]c2c1. The maximum atomic E-state index is 12.0. The molecule has 2 heterocycles. The molecular formula is C27H18N2O2S2. The number of aromatic carboxylic acids is 1. The number of thiophene rings is 1. The molecule has 5 aromatic rings. The van der Waals surface area contributed by atoms with Crippen molar-refractivity contribution in [3.63, 3.8) is 0 Å². The van der Waals surface area contributed by atoms with Crippen LogP contribution in [-0.4, -0.2) is 16.1 Å². The van der Waals surface area contributed by atoms with E-state index in [9.17, 15) is 9.90 Å². The van der Waals surface area contributed by atoms with Crippen LogP contribution in [0, 0.1) is 11.8 Å². The lowest BCUT2D eigenvalue weighted by atomic mass is 9.93. The van der Waals surface area contributed by atoms with Crippen LogP contribution < -0.4 is 4.72 Å². The Hall–Kier alpha value is -3.92. The molecule has 0 aliphatic heterocycles. The van der Waals surface area contributed by atoms with Crippen molar-refractivity contribution in [1.82, 2.24) is 4.98 Å². The number of hydrogen-bond donors (Lipinski definition) is 3. The molecule has 0 saturated heterocycles. The fourth-order valence-electron chi connectivity index (χ4n) is 3.58. The molecule has 6 heteroatoms. The molecule has 0 amide bonds. The highest BCUT2D eigenvalue weighted by Gasteiger charge is 2.15. The number of rotatable bonds is 5. The smallest absolute Gasteiger partial charge is 0.336 e. The zero-order valence-corrected chi connectivity index (χ0v) is 19.0. The molecule has 2 aromatic heterocycles. The van der Waals surface area contributed by atoms with Crippen molar-refractivity contribution in [2.75, 3.05) is 4.72 Å². The van der Waals surface area contributed by atoms with Gasteiger partial charge in [0.15, 0.2) is 0 Å². The monoisotopic (exact) mass is 466 g/mol. The van der Waals surface area contributed by atoms with Gasteiger partial charge in [0, 0.05) is 34.1 Å². The van der Waals surface area contributed by atoms with Crippen LogP contribution in [0.15, 0.2) is 94.6 Å². The normalized spacial score (nSPS) is 10.5. The second-order valence-electron chi connectivity index (χ2n) is 7.28. The Morgan fingerprint density at radius 3 is 2.73 bits per heavy atom. The minimum atomic E-state index is -0.975. The first-order chi connectivity index (χ1) is 16.2. The van der Waals surface area contributed by atoms with E-state index in [-0.39, 0.29) is 5.56 Å². The Bertz CT molecular complexity index is 1510. The van der Waals surface area contributed by atoms with E-state index in [4.69, 9.17) is 0 Å². The number of aromatic nitrogens is 1. The first kappa shape index (κ1) is 21.0. The summed E-state index contributed by atoms with van der Waals surface area (Å²) in [5.74, 6) is 5.44. The van der Waals surface area contributed by atoms with Crippen LogP contribution in [0.5, 0.6) is 0 Å². The van der Waals surface area contributed by atoms with Crippen molar-refractivity contribution in [3.8, 4) is 23.0 Å². The van der Waals surface area contributed by atoms with Crippen LogP contribution in [0.3, 0.4) is 0 Å². The predicted molar refractivity (Wildman–Crippen MR) is 137 cm³/mol. The van der Waals surface area contributed by atoms with Crippen LogP contribution in [-0.2, 0) is 0 Å². The molecule has 5 rings (SSSR count). The van der Waals surface area contributed by atoms with Gasteiger partial charge < -0.3 is 14.8 Å². The van der Waals surface area contributed by atoms with Gasteiger partial charge in [-0.2, -0.15) is 0 Å². The van der Waals surface area contributed by atoms with Gasteiger partial charge in [0.25, 0.3) is 0 Å². The van der Waals surface area contributed by atoms with Crippen molar-refractivity contribution >= 4 is 45.8 Å². The summed E-state index contributed by atoms with van der Waals surface area (Å²) in [4.78, 5) is 15.2. The summed E-state index contributed by atoms with van der Waals surface area (Å²) < 4.78 is 4.52. The number of nitrogens with one attached hydrogen (secondary N) is 2. The Morgan fingerprint density at radius 2 is 1.88 bits per heavy atom. The van der Waals surface area contributed by atoms with E-state index in [1.165, 1.54) is 4.21 Å². The maximum absolute atomic E-state index is 12.0. The number of aromatic amines is 1. The topological polar surface area (TPSA) is 65.1 Å². The molecule has 0 saturated carbocycles. The minimum Gasteiger partial charge on any atom is -0.478 e. The van der Waals surface area contributed by atoms with E-state index in [1.54, 1.807) is 35.4 Å². The fraction of sp³-hybridized carbons (Fsp3) is 0. The Morgan fingerprint density at radius 1 is 0.970 bits per heavy atom. The molecule has 0 bridgehead atoms.